The SMILES string of the molecule is NCc1cccc2[nH]c(Cc3ccc(F)cc3F)nc12. The van der Waals surface area contributed by atoms with Crippen LogP contribution in [0, 0.1) is 11.6 Å². The number of aromatic amines is 1. The van der Waals surface area contributed by atoms with Gasteiger partial charge >= 0.3 is 0 Å². The van der Waals surface area contributed by atoms with Crippen LogP contribution in [0.4, 0.5) is 8.78 Å². The monoisotopic (exact) mass is 273 g/mol. The van der Waals surface area contributed by atoms with Gasteiger partial charge in [-0.15, -0.1) is 0 Å². The van der Waals surface area contributed by atoms with Gasteiger partial charge in [-0.05, 0) is 23.3 Å². The third kappa shape index (κ3) is 2.28. The van der Waals surface area contributed by atoms with Gasteiger partial charge in [-0.3, -0.25) is 0 Å². The second-order valence-corrected chi connectivity index (χ2v) is 4.61. The third-order valence-electron chi connectivity index (χ3n) is 3.24. The fourth-order valence-corrected chi connectivity index (χ4v) is 2.24. The van der Waals surface area contributed by atoms with Gasteiger partial charge in [-0.2, -0.15) is 0 Å². The zero-order valence-electron chi connectivity index (χ0n) is 10.7. The Morgan fingerprint density at radius 2 is 1.95 bits per heavy atom. The summed E-state index contributed by atoms with van der Waals surface area (Å²) in [5, 5.41) is 0. The number of nitrogens with two attached hydrogens (primary N) is 1. The highest BCUT2D eigenvalue weighted by Gasteiger charge is 2.10. The van der Waals surface area contributed by atoms with Gasteiger partial charge in [0.25, 0.3) is 0 Å². The minimum atomic E-state index is -0.582. The second-order valence-electron chi connectivity index (χ2n) is 4.61. The molecule has 0 aliphatic carbocycles. The van der Waals surface area contributed by atoms with Crippen molar-refractivity contribution >= 4 is 11.0 Å². The smallest absolute Gasteiger partial charge is 0.129 e. The number of para-hydroxylation sites is 1. The maximum absolute atomic E-state index is 13.6. The van der Waals surface area contributed by atoms with E-state index in [0.29, 0.717) is 17.9 Å². The lowest BCUT2D eigenvalue weighted by atomic mass is 10.1. The molecule has 0 fully saturated rings. The van der Waals surface area contributed by atoms with E-state index >= 15 is 0 Å². The molecule has 102 valence electrons. The summed E-state index contributed by atoms with van der Waals surface area (Å²) in [6.07, 6.45) is 0.283. The quantitative estimate of drug-likeness (QED) is 0.771. The van der Waals surface area contributed by atoms with E-state index in [4.69, 9.17) is 5.73 Å². The molecule has 0 amide bonds. The molecule has 0 radical (unpaired) electrons. The predicted molar refractivity (Wildman–Crippen MR) is 73.1 cm³/mol. The van der Waals surface area contributed by atoms with Crippen LogP contribution in [0.25, 0.3) is 11.0 Å². The van der Waals surface area contributed by atoms with Crippen molar-refractivity contribution < 1.29 is 8.78 Å². The van der Waals surface area contributed by atoms with Crippen LogP contribution in [0.3, 0.4) is 0 Å². The van der Waals surface area contributed by atoms with Gasteiger partial charge < -0.3 is 10.7 Å². The lowest BCUT2D eigenvalue weighted by Crippen LogP contribution is -1.97. The molecule has 3 N–H and O–H groups in total. The minimum absolute atomic E-state index is 0.283. The summed E-state index contributed by atoms with van der Waals surface area (Å²) < 4.78 is 26.5. The fraction of sp³-hybridized carbons (Fsp3) is 0.133. The number of halogens is 2. The van der Waals surface area contributed by atoms with Crippen LogP contribution >= 0.6 is 0 Å². The van der Waals surface area contributed by atoms with E-state index in [1.165, 1.54) is 12.1 Å². The average Bonchev–Trinajstić information content (AvgIpc) is 2.84. The first kappa shape index (κ1) is 12.7. The van der Waals surface area contributed by atoms with Gasteiger partial charge in [0, 0.05) is 19.0 Å². The summed E-state index contributed by atoms with van der Waals surface area (Å²) in [5.41, 5.74) is 8.67. The van der Waals surface area contributed by atoms with Gasteiger partial charge in [-0.1, -0.05) is 18.2 Å². The van der Waals surface area contributed by atoms with Crippen LogP contribution in [0.15, 0.2) is 36.4 Å². The summed E-state index contributed by atoms with van der Waals surface area (Å²) in [4.78, 5) is 7.58. The summed E-state index contributed by atoms with van der Waals surface area (Å²) in [7, 11) is 0. The van der Waals surface area contributed by atoms with E-state index in [1.54, 1.807) is 0 Å². The van der Waals surface area contributed by atoms with E-state index in [1.807, 2.05) is 18.2 Å². The third-order valence-corrected chi connectivity index (χ3v) is 3.24. The van der Waals surface area contributed by atoms with E-state index in [-0.39, 0.29) is 6.42 Å². The largest absolute Gasteiger partial charge is 0.342 e. The number of hydrogen-bond donors (Lipinski definition) is 2. The number of nitrogens with one attached hydrogen (secondary N) is 1. The predicted octanol–water partition coefficient (Wildman–Crippen LogP) is 2.89. The van der Waals surface area contributed by atoms with Gasteiger partial charge in [0.1, 0.15) is 17.5 Å². The number of nitrogens with zero attached hydrogens (tertiary/aromatic N) is 1. The highest BCUT2D eigenvalue weighted by atomic mass is 19.1. The maximum Gasteiger partial charge on any atom is 0.129 e. The molecule has 3 aromatic rings. The molecule has 20 heavy (non-hydrogen) atoms. The molecule has 0 bridgehead atoms. The molecule has 0 aliphatic rings. The molecule has 0 saturated heterocycles. The Labute approximate surface area is 114 Å². The molecule has 0 atom stereocenters. The molecule has 1 heterocycles. The summed E-state index contributed by atoms with van der Waals surface area (Å²) in [5.74, 6) is -0.516. The summed E-state index contributed by atoms with van der Waals surface area (Å²) >= 11 is 0. The Bertz CT molecular complexity index is 765. The fourth-order valence-electron chi connectivity index (χ4n) is 2.24. The number of rotatable bonds is 3. The van der Waals surface area contributed by atoms with Gasteiger partial charge in [0.05, 0.1) is 11.0 Å². The minimum Gasteiger partial charge on any atom is -0.342 e. The Hall–Kier alpha value is -2.27. The van der Waals surface area contributed by atoms with Crippen molar-refractivity contribution in [3.05, 3.63) is 65.0 Å². The highest BCUT2D eigenvalue weighted by Crippen LogP contribution is 2.19. The van der Waals surface area contributed by atoms with Gasteiger partial charge in [0.15, 0.2) is 0 Å². The Morgan fingerprint density at radius 1 is 1.10 bits per heavy atom. The standard InChI is InChI=1S/C15H13F2N3/c16-11-5-4-9(12(17)7-11)6-14-19-13-3-1-2-10(8-18)15(13)20-14/h1-5,7H,6,8,18H2,(H,19,20). The average molecular weight is 273 g/mol. The van der Waals surface area contributed by atoms with Gasteiger partial charge in [-0.25, -0.2) is 13.8 Å². The summed E-state index contributed by atoms with van der Waals surface area (Å²) in [6.45, 7) is 0.395. The zero-order valence-corrected chi connectivity index (χ0v) is 10.7. The van der Waals surface area contributed by atoms with Crippen LogP contribution in [-0.4, -0.2) is 9.97 Å². The zero-order chi connectivity index (χ0) is 14.1. The van der Waals surface area contributed by atoms with Crippen molar-refractivity contribution in [3.8, 4) is 0 Å². The van der Waals surface area contributed by atoms with Crippen molar-refractivity contribution in [3.63, 3.8) is 0 Å². The number of imidazole rings is 1. The summed E-state index contributed by atoms with van der Waals surface area (Å²) in [6, 6.07) is 9.25. The van der Waals surface area contributed by atoms with Crippen molar-refractivity contribution in [1.82, 2.24) is 9.97 Å². The molecule has 5 heteroatoms. The van der Waals surface area contributed by atoms with Crippen LogP contribution in [0.1, 0.15) is 17.0 Å². The lowest BCUT2D eigenvalue weighted by molar-refractivity contribution is 0.574. The normalized spacial score (nSPS) is 11.2. The topological polar surface area (TPSA) is 54.7 Å². The number of fused-ring (bicyclic) bond motifs is 1. The van der Waals surface area contributed by atoms with E-state index in [0.717, 1.165) is 22.7 Å². The van der Waals surface area contributed by atoms with Crippen molar-refractivity contribution in [1.29, 1.82) is 0 Å². The number of hydrogen-bond acceptors (Lipinski definition) is 2. The Balaban J connectivity index is 1.99. The molecule has 0 spiro atoms. The molecule has 3 rings (SSSR count). The van der Waals surface area contributed by atoms with Crippen LogP contribution in [-0.2, 0) is 13.0 Å². The van der Waals surface area contributed by atoms with Crippen molar-refractivity contribution in [2.24, 2.45) is 5.73 Å². The lowest BCUT2D eigenvalue weighted by Gasteiger charge is -2.00. The van der Waals surface area contributed by atoms with E-state index in [9.17, 15) is 8.78 Å². The van der Waals surface area contributed by atoms with Crippen molar-refractivity contribution in [2.75, 3.05) is 0 Å². The van der Waals surface area contributed by atoms with Crippen molar-refractivity contribution in [2.45, 2.75) is 13.0 Å². The van der Waals surface area contributed by atoms with Crippen LogP contribution in [0.2, 0.25) is 0 Å². The van der Waals surface area contributed by atoms with Crippen LogP contribution in [0.5, 0.6) is 0 Å². The Morgan fingerprint density at radius 3 is 2.70 bits per heavy atom. The molecule has 1 aromatic heterocycles. The number of aromatic nitrogens is 2. The maximum atomic E-state index is 13.6. The number of H-pyrrole nitrogens is 1. The first-order valence-corrected chi connectivity index (χ1v) is 6.28. The molecule has 3 nitrogen and oxygen atoms in total. The molecule has 0 aliphatic heterocycles. The van der Waals surface area contributed by atoms with Crippen LogP contribution < -0.4 is 5.73 Å². The highest BCUT2D eigenvalue weighted by molar-refractivity contribution is 5.78. The molecular formula is C15H13F2N3. The molecular weight excluding hydrogens is 260 g/mol. The van der Waals surface area contributed by atoms with E-state index < -0.39 is 11.6 Å². The Kier molecular flexibility index (Phi) is 3.20. The van der Waals surface area contributed by atoms with Gasteiger partial charge in [0.2, 0.25) is 0 Å². The number of benzene rings is 2. The molecule has 2 aromatic carbocycles. The molecule has 0 saturated carbocycles. The molecule has 0 unspecified atom stereocenters. The first-order chi connectivity index (χ1) is 9.67. The second kappa shape index (κ2) is 5.02. The van der Waals surface area contributed by atoms with E-state index in [2.05, 4.69) is 9.97 Å². The first-order valence-electron chi connectivity index (χ1n) is 6.28.